The minimum Gasteiger partial charge on any atom is -0.486 e. The lowest BCUT2D eigenvalue weighted by Gasteiger charge is -2.09. The standard InChI is InChI=1S/C16H10ClF2NO/c17-16-11(7-10-3-1-2-4-14(10)20-16)9-21-15-6-5-12(18)8-13(15)19/h1-8H,9H2. The number of para-hydroxylation sites is 1. The molecule has 3 aromatic rings. The van der Waals surface area contributed by atoms with Crippen LogP contribution in [0.1, 0.15) is 5.56 Å². The van der Waals surface area contributed by atoms with E-state index in [1.54, 1.807) is 0 Å². The van der Waals surface area contributed by atoms with Crippen molar-refractivity contribution in [1.29, 1.82) is 0 Å². The quantitative estimate of drug-likeness (QED) is 0.652. The fraction of sp³-hybridized carbons (Fsp3) is 0.0625. The van der Waals surface area contributed by atoms with Crippen LogP contribution < -0.4 is 4.74 Å². The Morgan fingerprint density at radius 1 is 1.05 bits per heavy atom. The summed E-state index contributed by atoms with van der Waals surface area (Å²) in [6.07, 6.45) is 0. The van der Waals surface area contributed by atoms with Crippen molar-refractivity contribution in [3.63, 3.8) is 0 Å². The summed E-state index contributed by atoms with van der Waals surface area (Å²) in [5.74, 6) is -1.43. The summed E-state index contributed by atoms with van der Waals surface area (Å²) >= 11 is 6.09. The lowest BCUT2D eigenvalue weighted by molar-refractivity contribution is 0.289. The molecule has 0 bridgehead atoms. The van der Waals surface area contributed by atoms with Gasteiger partial charge in [0.2, 0.25) is 0 Å². The summed E-state index contributed by atoms with van der Waals surface area (Å²) in [5, 5.41) is 1.22. The molecule has 3 rings (SSSR count). The van der Waals surface area contributed by atoms with Crippen LogP contribution in [0.3, 0.4) is 0 Å². The van der Waals surface area contributed by atoms with Crippen molar-refractivity contribution in [3.8, 4) is 5.75 Å². The summed E-state index contributed by atoms with van der Waals surface area (Å²) < 4.78 is 31.7. The molecule has 0 unspecified atom stereocenters. The Bertz CT molecular complexity index is 807. The predicted molar refractivity (Wildman–Crippen MR) is 77.4 cm³/mol. The number of nitrogens with zero attached hydrogens (tertiary/aromatic N) is 1. The van der Waals surface area contributed by atoms with E-state index in [1.807, 2.05) is 30.3 Å². The summed E-state index contributed by atoms with van der Waals surface area (Å²) in [6.45, 7) is 0.0548. The molecule has 2 nitrogen and oxygen atoms in total. The van der Waals surface area contributed by atoms with Crippen LogP contribution in [0.25, 0.3) is 10.9 Å². The Morgan fingerprint density at radius 3 is 2.67 bits per heavy atom. The van der Waals surface area contributed by atoms with Crippen molar-refractivity contribution in [1.82, 2.24) is 4.98 Å². The molecule has 0 aliphatic rings. The van der Waals surface area contributed by atoms with Crippen molar-refractivity contribution in [3.05, 3.63) is 70.9 Å². The number of pyridine rings is 1. The summed E-state index contributed by atoms with van der Waals surface area (Å²) in [6, 6.07) is 12.5. The van der Waals surface area contributed by atoms with E-state index in [0.717, 1.165) is 23.0 Å². The van der Waals surface area contributed by atoms with E-state index in [-0.39, 0.29) is 12.4 Å². The van der Waals surface area contributed by atoms with E-state index in [9.17, 15) is 8.78 Å². The van der Waals surface area contributed by atoms with Crippen LogP contribution >= 0.6 is 11.6 Å². The second kappa shape index (κ2) is 5.66. The Kier molecular flexibility index (Phi) is 3.71. The highest BCUT2D eigenvalue weighted by atomic mass is 35.5. The van der Waals surface area contributed by atoms with Gasteiger partial charge in [-0.3, -0.25) is 0 Å². The SMILES string of the molecule is Fc1ccc(OCc2cc3ccccc3nc2Cl)c(F)c1. The number of hydrogen-bond donors (Lipinski definition) is 0. The van der Waals surface area contributed by atoms with Gasteiger partial charge in [0.05, 0.1) is 5.52 Å². The normalized spacial score (nSPS) is 10.8. The summed E-state index contributed by atoms with van der Waals surface area (Å²) in [4.78, 5) is 4.26. The van der Waals surface area contributed by atoms with E-state index in [2.05, 4.69) is 4.98 Å². The number of aromatic nitrogens is 1. The minimum atomic E-state index is -0.750. The smallest absolute Gasteiger partial charge is 0.167 e. The van der Waals surface area contributed by atoms with Gasteiger partial charge in [-0.25, -0.2) is 13.8 Å². The van der Waals surface area contributed by atoms with E-state index in [4.69, 9.17) is 16.3 Å². The van der Waals surface area contributed by atoms with Gasteiger partial charge in [0.1, 0.15) is 17.6 Å². The monoisotopic (exact) mass is 305 g/mol. The first kappa shape index (κ1) is 13.8. The zero-order chi connectivity index (χ0) is 14.8. The lowest BCUT2D eigenvalue weighted by Crippen LogP contribution is -2.00. The number of benzene rings is 2. The maximum atomic E-state index is 13.5. The van der Waals surface area contributed by atoms with Gasteiger partial charge in [-0.1, -0.05) is 29.8 Å². The van der Waals surface area contributed by atoms with Crippen LogP contribution in [0.5, 0.6) is 5.75 Å². The molecule has 0 aliphatic carbocycles. The maximum Gasteiger partial charge on any atom is 0.167 e. The number of fused-ring (bicyclic) bond motifs is 1. The first-order valence-electron chi connectivity index (χ1n) is 6.25. The van der Waals surface area contributed by atoms with Gasteiger partial charge in [0.25, 0.3) is 0 Å². The van der Waals surface area contributed by atoms with Gasteiger partial charge < -0.3 is 4.74 Å². The molecule has 21 heavy (non-hydrogen) atoms. The number of hydrogen-bond acceptors (Lipinski definition) is 2. The zero-order valence-electron chi connectivity index (χ0n) is 10.8. The first-order valence-corrected chi connectivity index (χ1v) is 6.63. The maximum absolute atomic E-state index is 13.5. The van der Waals surface area contributed by atoms with Gasteiger partial charge in [-0.05, 0) is 24.3 Å². The highest BCUT2D eigenvalue weighted by Crippen LogP contribution is 2.23. The Balaban J connectivity index is 1.86. The molecule has 0 amide bonds. The number of rotatable bonds is 3. The third kappa shape index (κ3) is 2.95. The molecular weight excluding hydrogens is 296 g/mol. The van der Waals surface area contributed by atoms with Crippen LogP contribution in [0.2, 0.25) is 5.15 Å². The van der Waals surface area contributed by atoms with Crippen LogP contribution in [-0.4, -0.2) is 4.98 Å². The van der Waals surface area contributed by atoms with Crippen molar-refractivity contribution in [2.75, 3.05) is 0 Å². The van der Waals surface area contributed by atoms with Crippen molar-refractivity contribution >= 4 is 22.5 Å². The fourth-order valence-corrected chi connectivity index (χ4v) is 2.19. The molecule has 0 saturated carbocycles. The van der Waals surface area contributed by atoms with Crippen LogP contribution in [-0.2, 0) is 6.61 Å². The van der Waals surface area contributed by atoms with E-state index in [1.165, 1.54) is 6.07 Å². The fourth-order valence-electron chi connectivity index (χ4n) is 1.99. The van der Waals surface area contributed by atoms with Crippen LogP contribution in [0, 0.1) is 11.6 Å². The molecule has 0 spiro atoms. The Morgan fingerprint density at radius 2 is 1.86 bits per heavy atom. The molecule has 1 aromatic heterocycles. The molecule has 2 aromatic carbocycles. The van der Waals surface area contributed by atoms with Crippen molar-refractivity contribution in [2.45, 2.75) is 6.61 Å². The van der Waals surface area contributed by atoms with Crippen LogP contribution in [0.4, 0.5) is 8.78 Å². The van der Waals surface area contributed by atoms with Gasteiger partial charge in [0.15, 0.2) is 11.6 Å². The summed E-state index contributed by atoms with van der Waals surface area (Å²) in [5.41, 5.74) is 1.42. The van der Waals surface area contributed by atoms with Gasteiger partial charge >= 0.3 is 0 Å². The van der Waals surface area contributed by atoms with E-state index in [0.29, 0.717) is 10.7 Å². The molecule has 0 radical (unpaired) electrons. The molecule has 0 saturated heterocycles. The minimum absolute atomic E-state index is 0.0272. The van der Waals surface area contributed by atoms with Crippen molar-refractivity contribution < 1.29 is 13.5 Å². The molecule has 1 heterocycles. The third-order valence-corrected chi connectivity index (χ3v) is 3.35. The Labute approximate surface area is 125 Å². The predicted octanol–water partition coefficient (Wildman–Crippen LogP) is 4.75. The first-order chi connectivity index (χ1) is 10.1. The van der Waals surface area contributed by atoms with Crippen molar-refractivity contribution in [2.24, 2.45) is 0 Å². The molecule has 106 valence electrons. The average Bonchev–Trinajstić information content (AvgIpc) is 2.46. The number of ether oxygens (including phenoxy) is 1. The van der Waals surface area contributed by atoms with E-state index >= 15 is 0 Å². The molecule has 0 aliphatic heterocycles. The number of halogens is 3. The van der Waals surface area contributed by atoms with Crippen LogP contribution in [0.15, 0.2) is 48.5 Å². The lowest BCUT2D eigenvalue weighted by atomic mass is 10.2. The molecule has 0 N–H and O–H groups in total. The third-order valence-electron chi connectivity index (χ3n) is 3.03. The molecule has 5 heteroatoms. The summed E-state index contributed by atoms with van der Waals surface area (Å²) in [7, 11) is 0. The van der Waals surface area contributed by atoms with Gasteiger partial charge in [-0.2, -0.15) is 0 Å². The molecular formula is C16H10ClF2NO. The topological polar surface area (TPSA) is 22.1 Å². The van der Waals surface area contributed by atoms with Gasteiger partial charge in [-0.15, -0.1) is 0 Å². The molecule has 0 fully saturated rings. The van der Waals surface area contributed by atoms with Gasteiger partial charge in [0, 0.05) is 17.0 Å². The second-order valence-corrected chi connectivity index (χ2v) is 4.85. The largest absolute Gasteiger partial charge is 0.486 e. The molecule has 0 atom stereocenters. The van der Waals surface area contributed by atoms with E-state index < -0.39 is 11.6 Å². The second-order valence-electron chi connectivity index (χ2n) is 4.49. The average molecular weight is 306 g/mol. The highest BCUT2D eigenvalue weighted by Gasteiger charge is 2.09. The zero-order valence-corrected chi connectivity index (χ0v) is 11.6. The Hall–Kier alpha value is -2.20. The highest BCUT2D eigenvalue weighted by molar-refractivity contribution is 6.30.